The first kappa shape index (κ1) is 21.6. The molecule has 1 aromatic rings. The molecular weight excluding hydrogens is 412 g/mol. The SMILES string of the molecule is CCOC(=O)C(Cc1cc(Br)ccc1[N+](=O)[O-])(NC(C)=O)C(=O)OCC. The van der Waals surface area contributed by atoms with Crippen LogP contribution >= 0.6 is 15.9 Å². The third kappa shape index (κ3) is 5.01. The van der Waals surface area contributed by atoms with Crippen LogP contribution in [0.3, 0.4) is 0 Å². The van der Waals surface area contributed by atoms with E-state index in [0.717, 1.165) is 6.92 Å². The molecule has 0 aromatic heterocycles. The molecule has 0 heterocycles. The van der Waals surface area contributed by atoms with Crippen molar-refractivity contribution in [3.63, 3.8) is 0 Å². The summed E-state index contributed by atoms with van der Waals surface area (Å²) in [6.07, 6.45) is -0.500. The maximum atomic E-state index is 12.6. The minimum atomic E-state index is -2.23. The van der Waals surface area contributed by atoms with E-state index in [9.17, 15) is 24.5 Å². The van der Waals surface area contributed by atoms with Gasteiger partial charge in [-0.1, -0.05) is 15.9 Å². The molecule has 9 nitrogen and oxygen atoms in total. The lowest BCUT2D eigenvalue weighted by molar-refractivity contribution is -0.385. The van der Waals surface area contributed by atoms with E-state index in [1.807, 2.05) is 0 Å². The molecule has 0 aliphatic carbocycles. The number of amides is 1. The predicted molar refractivity (Wildman–Crippen MR) is 94.3 cm³/mol. The van der Waals surface area contributed by atoms with Crippen LogP contribution < -0.4 is 5.32 Å². The summed E-state index contributed by atoms with van der Waals surface area (Å²) in [6.45, 7) is 4.06. The van der Waals surface area contributed by atoms with Gasteiger partial charge in [-0.3, -0.25) is 14.9 Å². The molecule has 10 heteroatoms. The predicted octanol–water partition coefficient (Wildman–Crippen LogP) is 1.90. The summed E-state index contributed by atoms with van der Waals surface area (Å²) in [6, 6.07) is 4.08. The Morgan fingerprint density at radius 2 is 1.73 bits per heavy atom. The number of esters is 2. The van der Waals surface area contributed by atoms with Crippen molar-refractivity contribution in [2.75, 3.05) is 13.2 Å². The van der Waals surface area contributed by atoms with Crippen LogP contribution in [0.5, 0.6) is 0 Å². The zero-order valence-corrected chi connectivity index (χ0v) is 16.1. The molecule has 0 aliphatic rings. The number of nitrogens with one attached hydrogen (secondary N) is 1. The molecule has 1 N–H and O–H groups in total. The lowest BCUT2D eigenvalue weighted by Gasteiger charge is -2.29. The number of nitro benzene ring substituents is 1. The summed E-state index contributed by atoms with van der Waals surface area (Å²) in [5.41, 5.74) is -2.49. The number of nitro groups is 1. The molecule has 0 radical (unpaired) electrons. The van der Waals surface area contributed by atoms with Crippen LogP contribution in [0.15, 0.2) is 22.7 Å². The van der Waals surface area contributed by atoms with E-state index in [4.69, 9.17) is 9.47 Å². The first-order valence-corrected chi connectivity index (χ1v) is 8.53. The Balaban J connectivity index is 3.55. The summed E-state index contributed by atoms with van der Waals surface area (Å²) in [5, 5.41) is 13.6. The van der Waals surface area contributed by atoms with Gasteiger partial charge in [0.1, 0.15) is 0 Å². The largest absolute Gasteiger partial charge is 0.464 e. The molecule has 0 saturated carbocycles. The number of hydrogen-bond acceptors (Lipinski definition) is 7. The number of benzene rings is 1. The van der Waals surface area contributed by atoms with Crippen LogP contribution in [0.2, 0.25) is 0 Å². The van der Waals surface area contributed by atoms with Gasteiger partial charge in [-0.25, -0.2) is 9.59 Å². The maximum Gasteiger partial charge on any atom is 0.344 e. The molecular formula is C16H19BrN2O7. The number of hydrogen-bond donors (Lipinski definition) is 1. The lowest BCUT2D eigenvalue weighted by atomic mass is 9.89. The van der Waals surface area contributed by atoms with Crippen LogP contribution in [0.4, 0.5) is 5.69 Å². The average molecular weight is 431 g/mol. The van der Waals surface area contributed by atoms with Crippen molar-refractivity contribution >= 4 is 39.5 Å². The van der Waals surface area contributed by atoms with Crippen LogP contribution in [-0.2, 0) is 30.3 Å². The van der Waals surface area contributed by atoms with Gasteiger partial charge in [0.2, 0.25) is 11.4 Å². The molecule has 1 rings (SSSR count). The Morgan fingerprint density at radius 3 is 2.15 bits per heavy atom. The highest BCUT2D eigenvalue weighted by Crippen LogP contribution is 2.28. The molecule has 0 fully saturated rings. The van der Waals surface area contributed by atoms with E-state index in [2.05, 4.69) is 21.2 Å². The highest BCUT2D eigenvalue weighted by atomic mass is 79.9. The summed E-state index contributed by atoms with van der Waals surface area (Å²) in [4.78, 5) is 47.5. The summed E-state index contributed by atoms with van der Waals surface area (Å²) in [7, 11) is 0. The van der Waals surface area contributed by atoms with Crippen molar-refractivity contribution in [2.24, 2.45) is 0 Å². The number of halogens is 1. The fourth-order valence-electron chi connectivity index (χ4n) is 2.34. The monoisotopic (exact) mass is 430 g/mol. The quantitative estimate of drug-likeness (QED) is 0.289. The van der Waals surface area contributed by atoms with Gasteiger partial charge in [-0.2, -0.15) is 0 Å². The lowest BCUT2D eigenvalue weighted by Crippen LogP contribution is -2.62. The number of rotatable bonds is 8. The first-order chi connectivity index (χ1) is 12.2. The van der Waals surface area contributed by atoms with E-state index in [-0.39, 0.29) is 24.5 Å². The Kier molecular flexibility index (Phi) is 7.69. The summed E-state index contributed by atoms with van der Waals surface area (Å²) in [5.74, 6) is -2.80. The highest BCUT2D eigenvalue weighted by Gasteiger charge is 2.51. The summed E-state index contributed by atoms with van der Waals surface area (Å²) >= 11 is 3.20. The molecule has 0 atom stereocenters. The van der Waals surface area contributed by atoms with Crippen LogP contribution in [0.25, 0.3) is 0 Å². The van der Waals surface area contributed by atoms with Crippen molar-refractivity contribution in [1.82, 2.24) is 5.32 Å². The van der Waals surface area contributed by atoms with Crippen LogP contribution in [0, 0.1) is 10.1 Å². The van der Waals surface area contributed by atoms with Crippen LogP contribution in [-0.4, -0.2) is 41.5 Å². The number of carbonyl (C=O) groups excluding carboxylic acids is 3. The molecule has 142 valence electrons. The molecule has 0 unspecified atom stereocenters. The fraction of sp³-hybridized carbons (Fsp3) is 0.438. The topological polar surface area (TPSA) is 125 Å². The van der Waals surface area contributed by atoms with Crippen molar-refractivity contribution < 1.29 is 28.8 Å². The van der Waals surface area contributed by atoms with Gasteiger partial charge < -0.3 is 14.8 Å². The van der Waals surface area contributed by atoms with Crippen molar-refractivity contribution in [1.29, 1.82) is 0 Å². The minimum Gasteiger partial charge on any atom is -0.464 e. The van der Waals surface area contributed by atoms with Gasteiger partial charge in [0.25, 0.3) is 5.69 Å². The van der Waals surface area contributed by atoms with Crippen LogP contribution in [0.1, 0.15) is 26.3 Å². The third-order valence-electron chi connectivity index (χ3n) is 3.33. The molecule has 1 amide bonds. The van der Waals surface area contributed by atoms with Gasteiger partial charge in [0.15, 0.2) is 0 Å². The third-order valence-corrected chi connectivity index (χ3v) is 3.82. The normalized spacial score (nSPS) is 10.8. The number of nitrogens with zero attached hydrogens (tertiary/aromatic N) is 1. The number of ether oxygens (including phenoxy) is 2. The Labute approximate surface area is 158 Å². The van der Waals surface area contributed by atoms with Gasteiger partial charge in [-0.15, -0.1) is 0 Å². The second kappa shape index (κ2) is 9.27. The Hall–Kier alpha value is -2.49. The van der Waals surface area contributed by atoms with Crippen molar-refractivity contribution in [3.05, 3.63) is 38.3 Å². The van der Waals surface area contributed by atoms with Gasteiger partial charge in [0.05, 0.1) is 18.1 Å². The number of carbonyl (C=O) groups is 3. The Morgan fingerprint density at radius 1 is 1.19 bits per heavy atom. The first-order valence-electron chi connectivity index (χ1n) is 7.74. The maximum absolute atomic E-state index is 12.6. The van der Waals surface area contributed by atoms with E-state index in [1.165, 1.54) is 32.0 Å². The molecule has 26 heavy (non-hydrogen) atoms. The zero-order valence-electron chi connectivity index (χ0n) is 14.5. The molecule has 0 aliphatic heterocycles. The minimum absolute atomic E-state index is 0.0548. The fourth-order valence-corrected chi connectivity index (χ4v) is 2.75. The second-order valence-corrected chi connectivity index (χ2v) is 6.15. The van der Waals surface area contributed by atoms with E-state index in [0.29, 0.717) is 4.47 Å². The van der Waals surface area contributed by atoms with E-state index in [1.54, 1.807) is 0 Å². The summed E-state index contributed by atoms with van der Waals surface area (Å²) < 4.78 is 10.4. The second-order valence-electron chi connectivity index (χ2n) is 5.23. The molecule has 1 aromatic carbocycles. The molecule has 0 saturated heterocycles. The zero-order chi connectivity index (χ0) is 19.9. The van der Waals surface area contributed by atoms with Gasteiger partial charge in [0, 0.05) is 29.4 Å². The standard InChI is InChI=1S/C16H19BrN2O7/c1-4-25-14(21)16(18-10(3)20,15(22)26-5-2)9-11-8-12(17)6-7-13(11)19(23)24/h6-8H,4-5,9H2,1-3H3,(H,18,20). The van der Waals surface area contributed by atoms with Gasteiger partial charge in [-0.05, 0) is 26.0 Å². The highest BCUT2D eigenvalue weighted by molar-refractivity contribution is 9.10. The smallest absolute Gasteiger partial charge is 0.344 e. The average Bonchev–Trinajstić information content (AvgIpc) is 2.53. The van der Waals surface area contributed by atoms with E-state index >= 15 is 0 Å². The van der Waals surface area contributed by atoms with Crippen molar-refractivity contribution in [2.45, 2.75) is 32.7 Å². The Bertz CT molecular complexity index is 703. The molecule has 0 spiro atoms. The molecule has 0 bridgehead atoms. The van der Waals surface area contributed by atoms with Crippen molar-refractivity contribution in [3.8, 4) is 0 Å². The van der Waals surface area contributed by atoms with Gasteiger partial charge >= 0.3 is 11.9 Å². The van der Waals surface area contributed by atoms with E-state index < -0.39 is 34.7 Å².